The van der Waals surface area contributed by atoms with E-state index in [2.05, 4.69) is 11.4 Å². The number of halogens is 2. The summed E-state index contributed by atoms with van der Waals surface area (Å²) in [5, 5.41) is 12.8. The van der Waals surface area contributed by atoms with Gasteiger partial charge in [0.1, 0.15) is 5.54 Å². The average Bonchev–Trinajstić information content (AvgIpc) is 2.39. The van der Waals surface area contributed by atoms with Crippen LogP contribution in [0.4, 0.5) is 0 Å². The van der Waals surface area contributed by atoms with E-state index in [-0.39, 0.29) is 11.5 Å². The van der Waals surface area contributed by atoms with Gasteiger partial charge in [0.25, 0.3) is 5.91 Å². The molecule has 1 aromatic carbocycles. The SMILES string of the molecule is N#CC1(NC(=O)c2c(Cl)cccc2Cl)CCCCC1. The molecule has 0 saturated heterocycles. The molecule has 100 valence electrons. The maximum absolute atomic E-state index is 12.3. The summed E-state index contributed by atoms with van der Waals surface area (Å²) in [5.41, 5.74) is -0.538. The Kier molecular flexibility index (Phi) is 4.34. The van der Waals surface area contributed by atoms with Crippen LogP contribution in [0.2, 0.25) is 10.0 Å². The highest BCUT2D eigenvalue weighted by Gasteiger charge is 2.34. The van der Waals surface area contributed by atoms with Gasteiger partial charge < -0.3 is 5.32 Å². The van der Waals surface area contributed by atoms with Gasteiger partial charge in [-0.15, -0.1) is 0 Å². The zero-order valence-electron chi connectivity index (χ0n) is 10.4. The van der Waals surface area contributed by atoms with Crippen molar-refractivity contribution >= 4 is 29.1 Å². The molecule has 0 aliphatic heterocycles. The van der Waals surface area contributed by atoms with E-state index in [0.29, 0.717) is 22.9 Å². The fourth-order valence-electron chi connectivity index (χ4n) is 2.41. The normalized spacial score (nSPS) is 17.5. The minimum absolute atomic E-state index is 0.242. The van der Waals surface area contributed by atoms with Crippen LogP contribution in [0.3, 0.4) is 0 Å². The third-order valence-electron chi connectivity index (χ3n) is 3.46. The van der Waals surface area contributed by atoms with Gasteiger partial charge in [-0.05, 0) is 25.0 Å². The first-order valence-electron chi connectivity index (χ1n) is 6.26. The lowest BCUT2D eigenvalue weighted by atomic mass is 9.82. The van der Waals surface area contributed by atoms with Crippen LogP contribution < -0.4 is 5.32 Å². The molecule has 1 aromatic rings. The second-order valence-electron chi connectivity index (χ2n) is 4.81. The average molecular weight is 297 g/mol. The maximum Gasteiger partial charge on any atom is 0.255 e. The van der Waals surface area contributed by atoms with E-state index in [0.717, 1.165) is 19.3 Å². The van der Waals surface area contributed by atoms with Gasteiger partial charge in [-0.25, -0.2) is 0 Å². The fourth-order valence-corrected chi connectivity index (χ4v) is 2.98. The van der Waals surface area contributed by atoms with Crippen LogP contribution in [0.15, 0.2) is 18.2 Å². The Morgan fingerprint density at radius 3 is 2.32 bits per heavy atom. The number of benzene rings is 1. The standard InChI is InChI=1S/C14H14Cl2N2O/c15-10-5-4-6-11(16)12(10)13(19)18-14(9-17)7-2-1-3-8-14/h4-6H,1-3,7-8H2,(H,18,19). The lowest BCUT2D eigenvalue weighted by Gasteiger charge is -2.31. The van der Waals surface area contributed by atoms with Crippen LogP contribution >= 0.6 is 23.2 Å². The van der Waals surface area contributed by atoms with Crippen LogP contribution in [0.5, 0.6) is 0 Å². The molecule has 1 fully saturated rings. The number of amides is 1. The number of hydrogen-bond acceptors (Lipinski definition) is 2. The number of rotatable bonds is 2. The molecule has 0 bridgehead atoms. The van der Waals surface area contributed by atoms with Gasteiger partial charge in [0.15, 0.2) is 0 Å². The Morgan fingerprint density at radius 1 is 1.21 bits per heavy atom. The third-order valence-corrected chi connectivity index (χ3v) is 4.09. The Morgan fingerprint density at radius 2 is 1.79 bits per heavy atom. The van der Waals surface area contributed by atoms with Crippen LogP contribution in [-0.4, -0.2) is 11.4 Å². The summed E-state index contributed by atoms with van der Waals surface area (Å²) >= 11 is 12.0. The fraction of sp³-hybridized carbons (Fsp3) is 0.429. The van der Waals surface area contributed by atoms with E-state index >= 15 is 0 Å². The molecule has 1 N–H and O–H groups in total. The molecule has 2 rings (SSSR count). The molecule has 0 heterocycles. The first-order valence-corrected chi connectivity index (χ1v) is 7.01. The Bertz CT molecular complexity index is 510. The molecule has 0 unspecified atom stereocenters. The second kappa shape index (κ2) is 5.81. The Hall–Kier alpha value is -1.24. The Labute approximate surface area is 122 Å². The molecule has 0 atom stereocenters. The van der Waals surface area contributed by atoms with Crippen LogP contribution in [0.1, 0.15) is 42.5 Å². The molecule has 0 spiro atoms. The van der Waals surface area contributed by atoms with E-state index in [1.165, 1.54) is 0 Å². The van der Waals surface area contributed by atoms with Crippen LogP contribution in [-0.2, 0) is 0 Å². The number of carbonyl (C=O) groups excluding carboxylic acids is 1. The van der Waals surface area contributed by atoms with E-state index in [1.54, 1.807) is 18.2 Å². The zero-order valence-corrected chi connectivity index (χ0v) is 11.9. The predicted octanol–water partition coefficient (Wildman–Crippen LogP) is 3.95. The number of nitrogens with zero attached hydrogens (tertiary/aromatic N) is 1. The number of hydrogen-bond donors (Lipinski definition) is 1. The van der Waals surface area contributed by atoms with Crippen LogP contribution in [0.25, 0.3) is 0 Å². The van der Waals surface area contributed by atoms with Crippen molar-refractivity contribution in [3.05, 3.63) is 33.8 Å². The minimum atomic E-state index is -0.780. The number of nitrogens with one attached hydrogen (secondary N) is 1. The van der Waals surface area contributed by atoms with E-state index in [4.69, 9.17) is 23.2 Å². The van der Waals surface area contributed by atoms with Gasteiger partial charge in [0.05, 0.1) is 21.7 Å². The van der Waals surface area contributed by atoms with Gasteiger partial charge >= 0.3 is 0 Å². The van der Waals surface area contributed by atoms with Crippen molar-refractivity contribution in [2.75, 3.05) is 0 Å². The smallest absolute Gasteiger partial charge is 0.255 e. The van der Waals surface area contributed by atoms with Crippen molar-refractivity contribution in [2.45, 2.75) is 37.6 Å². The number of nitriles is 1. The molecular formula is C14H14Cl2N2O. The molecular weight excluding hydrogens is 283 g/mol. The molecule has 1 aliphatic carbocycles. The van der Waals surface area contributed by atoms with E-state index in [9.17, 15) is 10.1 Å². The van der Waals surface area contributed by atoms with E-state index in [1.807, 2.05) is 0 Å². The highest BCUT2D eigenvalue weighted by Crippen LogP contribution is 2.30. The highest BCUT2D eigenvalue weighted by molar-refractivity contribution is 6.39. The van der Waals surface area contributed by atoms with Gasteiger partial charge in [-0.3, -0.25) is 4.79 Å². The Balaban J connectivity index is 2.23. The van der Waals surface area contributed by atoms with Crippen molar-refractivity contribution in [2.24, 2.45) is 0 Å². The summed E-state index contributed by atoms with van der Waals surface area (Å²) in [6.07, 6.45) is 4.36. The minimum Gasteiger partial charge on any atom is -0.334 e. The van der Waals surface area contributed by atoms with Crippen LogP contribution in [0, 0.1) is 11.3 Å². The van der Waals surface area contributed by atoms with Gasteiger partial charge in [-0.2, -0.15) is 5.26 Å². The molecule has 0 radical (unpaired) electrons. The van der Waals surface area contributed by atoms with Crippen molar-refractivity contribution < 1.29 is 4.79 Å². The summed E-state index contributed by atoms with van der Waals surface area (Å²) in [4.78, 5) is 12.3. The number of carbonyl (C=O) groups is 1. The second-order valence-corrected chi connectivity index (χ2v) is 5.62. The molecule has 1 aliphatic rings. The molecule has 1 amide bonds. The third kappa shape index (κ3) is 3.02. The topological polar surface area (TPSA) is 52.9 Å². The highest BCUT2D eigenvalue weighted by atomic mass is 35.5. The zero-order chi connectivity index (χ0) is 13.9. The van der Waals surface area contributed by atoms with E-state index < -0.39 is 5.54 Å². The van der Waals surface area contributed by atoms with Gasteiger partial charge in [0.2, 0.25) is 0 Å². The molecule has 0 aromatic heterocycles. The molecule has 5 heteroatoms. The lowest BCUT2D eigenvalue weighted by molar-refractivity contribution is 0.0903. The first kappa shape index (κ1) is 14.2. The summed E-state index contributed by atoms with van der Waals surface area (Å²) in [6, 6.07) is 7.15. The van der Waals surface area contributed by atoms with Gasteiger partial charge in [0, 0.05) is 0 Å². The maximum atomic E-state index is 12.3. The van der Waals surface area contributed by atoms with Crippen molar-refractivity contribution in [3.8, 4) is 6.07 Å². The first-order chi connectivity index (χ1) is 9.08. The quantitative estimate of drug-likeness (QED) is 0.898. The predicted molar refractivity (Wildman–Crippen MR) is 75.4 cm³/mol. The van der Waals surface area contributed by atoms with Crippen molar-refractivity contribution in [1.82, 2.24) is 5.32 Å². The van der Waals surface area contributed by atoms with Crippen molar-refractivity contribution in [1.29, 1.82) is 5.26 Å². The molecule has 3 nitrogen and oxygen atoms in total. The summed E-state index contributed by atoms with van der Waals surface area (Å²) < 4.78 is 0. The van der Waals surface area contributed by atoms with Gasteiger partial charge in [-0.1, -0.05) is 48.5 Å². The summed E-state index contributed by atoms with van der Waals surface area (Å²) in [6.45, 7) is 0. The summed E-state index contributed by atoms with van der Waals surface area (Å²) in [5.74, 6) is -0.376. The summed E-state index contributed by atoms with van der Waals surface area (Å²) in [7, 11) is 0. The molecule has 1 saturated carbocycles. The molecule has 19 heavy (non-hydrogen) atoms. The largest absolute Gasteiger partial charge is 0.334 e. The lowest BCUT2D eigenvalue weighted by Crippen LogP contribution is -2.48. The monoisotopic (exact) mass is 296 g/mol. The van der Waals surface area contributed by atoms with Crippen molar-refractivity contribution in [3.63, 3.8) is 0 Å².